The van der Waals surface area contributed by atoms with Crippen LogP contribution in [0.2, 0.25) is 0 Å². The molecule has 26 heavy (non-hydrogen) atoms. The maximum Gasteiger partial charge on any atom is 0.354 e. The second-order valence-corrected chi connectivity index (χ2v) is 5.65. The van der Waals surface area contributed by atoms with E-state index in [1.807, 2.05) is 12.1 Å². The Kier molecular flexibility index (Phi) is 4.70. The topological polar surface area (TPSA) is 129 Å². The number of aromatic amines is 1. The van der Waals surface area contributed by atoms with Gasteiger partial charge in [-0.2, -0.15) is 0 Å². The Morgan fingerprint density at radius 3 is 2.58 bits per heavy atom. The number of amides is 2. The van der Waals surface area contributed by atoms with E-state index >= 15 is 0 Å². The largest absolute Gasteiger partial charge is 0.477 e. The van der Waals surface area contributed by atoms with Gasteiger partial charge in [-0.25, -0.2) is 14.6 Å². The molecule has 0 bridgehead atoms. The molecule has 3 aromatic rings. The van der Waals surface area contributed by atoms with Crippen molar-refractivity contribution in [3.63, 3.8) is 0 Å². The van der Waals surface area contributed by atoms with Gasteiger partial charge in [0.25, 0.3) is 5.56 Å². The molecule has 0 fully saturated rings. The minimum atomic E-state index is -1.08. The number of hydrogen-bond donors (Lipinski definition) is 4. The molecule has 2 aromatic heterocycles. The van der Waals surface area contributed by atoms with E-state index < -0.39 is 12.0 Å². The zero-order valence-corrected chi connectivity index (χ0v) is 13.9. The van der Waals surface area contributed by atoms with Gasteiger partial charge in [-0.05, 0) is 17.0 Å². The predicted molar refractivity (Wildman–Crippen MR) is 93.8 cm³/mol. The smallest absolute Gasteiger partial charge is 0.354 e. The molecule has 0 spiro atoms. The Bertz CT molecular complexity index is 1040. The predicted octanol–water partition coefficient (Wildman–Crippen LogP) is 0.959. The van der Waals surface area contributed by atoms with Crippen LogP contribution < -0.4 is 16.2 Å². The lowest BCUT2D eigenvalue weighted by Gasteiger charge is -2.10. The van der Waals surface area contributed by atoms with Crippen molar-refractivity contribution in [3.05, 3.63) is 64.1 Å². The SMILES string of the molecule is Cn1c(C(=O)O)cnc1CNC(=O)NCc1c[nH]c(=O)c2ccccc12. The molecular weight excluding hydrogens is 338 g/mol. The van der Waals surface area contributed by atoms with Crippen molar-refractivity contribution in [2.45, 2.75) is 13.1 Å². The highest BCUT2D eigenvalue weighted by Crippen LogP contribution is 2.13. The lowest BCUT2D eigenvalue weighted by Crippen LogP contribution is -2.35. The fourth-order valence-corrected chi connectivity index (χ4v) is 2.62. The Hall–Kier alpha value is -3.62. The second-order valence-electron chi connectivity index (χ2n) is 5.65. The zero-order chi connectivity index (χ0) is 18.7. The molecule has 0 aliphatic rings. The van der Waals surface area contributed by atoms with E-state index in [9.17, 15) is 14.4 Å². The first-order chi connectivity index (χ1) is 12.5. The van der Waals surface area contributed by atoms with Crippen LogP contribution in [0.4, 0.5) is 4.79 Å². The van der Waals surface area contributed by atoms with Gasteiger partial charge in [0.2, 0.25) is 0 Å². The molecule has 3 rings (SSSR count). The summed E-state index contributed by atoms with van der Waals surface area (Å²) in [4.78, 5) is 41.4. The summed E-state index contributed by atoms with van der Waals surface area (Å²) in [6.07, 6.45) is 2.81. The molecule has 0 aliphatic carbocycles. The minimum Gasteiger partial charge on any atom is -0.477 e. The molecule has 0 aliphatic heterocycles. The molecule has 0 radical (unpaired) electrons. The number of aromatic carboxylic acids is 1. The standard InChI is InChI=1S/C17H17N5O4/c1-22-13(16(24)25)8-18-14(22)9-21-17(26)20-7-10-6-19-15(23)12-5-3-2-4-11(10)12/h2-6,8H,7,9H2,1H3,(H,19,23)(H,24,25)(H2,20,21,26). The van der Waals surface area contributed by atoms with Crippen LogP contribution in [-0.4, -0.2) is 31.6 Å². The summed E-state index contributed by atoms with van der Waals surface area (Å²) in [7, 11) is 1.57. The van der Waals surface area contributed by atoms with Crippen molar-refractivity contribution in [2.75, 3.05) is 0 Å². The summed E-state index contributed by atoms with van der Waals surface area (Å²) in [6, 6.07) is 6.71. The van der Waals surface area contributed by atoms with E-state index in [-0.39, 0.29) is 24.3 Å². The quantitative estimate of drug-likeness (QED) is 0.542. The number of benzene rings is 1. The van der Waals surface area contributed by atoms with Crippen LogP contribution in [-0.2, 0) is 20.1 Å². The van der Waals surface area contributed by atoms with Gasteiger partial charge in [0, 0.05) is 25.2 Å². The van der Waals surface area contributed by atoms with Gasteiger partial charge >= 0.3 is 12.0 Å². The van der Waals surface area contributed by atoms with Crippen LogP contribution in [0.1, 0.15) is 21.9 Å². The van der Waals surface area contributed by atoms with Crippen molar-refractivity contribution in [1.82, 2.24) is 25.2 Å². The number of urea groups is 1. The molecule has 134 valence electrons. The summed E-state index contributed by atoms with van der Waals surface area (Å²) >= 11 is 0. The highest BCUT2D eigenvalue weighted by Gasteiger charge is 2.13. The molecule has 0 atom stereocenters. The number of H-pyrrole nitrogens is 1. The molecule has 0 saturated heterocycles. The minimum absolute atomic E-state index is 0.0434. The summed E-state index contributed by atoms with van der Waals surface area (Å²) in [6.45, 7) is 0.312. The van der Waals surface area contributed by atoms with Crippen LogP contribution in [0.15, 0.2) is 41.5 Å². The van der Waals surface area contributed by atoms with E-state index in [1.54, 1.807) is 25.4 Å². The Labute approximate surface area is 147 Å². The van der Waals surface area contributed by atoms with E-state index in [0.717, 1.165) is 10.9 Å². The maximum atomic E-state index is 12.0. The van der Waals surface area contributed by atoms with Crippen LogP contribution in [0.25, 0.3) is 10.8 Å². The molecule has 0 saturated carbocycles. The first kappa shape index (κ1) is 17.2. The number of carbonyl (C=O) groups excluding carboxylic acids is 1. The van der Waals surface area contributed by atoms with Gasteiger partial charge in [-0.1, -0.05) is 18.2 Å². The van der Waals surface area contributed by atoms with E-state index in [2.05, 4.69) is 20.6 Å². The highest BCUT2D eigenvalue weighted by molar-refractivity contribution is 5.86. The lowest BCUT2D eigenvalue weighted by atomic mass is 10.1. The zero-order valence-electron chi connectivity index (χ0n) is 13.9. The molecule has 2 heterocycles. The number of nitrogens with one attached hydrogen (secondary N) is 3. The number of carboxylic acid groups (broad SMARTS) is 1. The van der Waals surface area contributed by atoms with E-state index in [1.165, 1.54) is 10.8 Å². The third-order valence-corrected chi connectivity index (χ3v) is 4.05. The normalized spacial score (nSPS) is 10.7. The maximum absolute atomic E-state index is 12.0. The third-order valence-electron chi connectivity index (χ3n) is 4.05. The first-order valence-corrected chi connectivity index (χ1v) is 7.82. The van der Waals surface area contributed by atoms with Crippen molar-refractivity contribution < 1.29 is 14.7 Å². The van der Waals surface area contributed by atoms with Gasteiger partial charge in [0.1, 0.15) is 11.5 Å². The number of fused-ring (bicyclic) bond motifs is 1. The average molecular weight is 355 g/mol. The number of imidazole rings is 1. The van der Waals surface area contributed by atoms with Gasteiger partial charge in [0.15, 0.2) is 0 Å². The van der Waals surface area contributed by atoms with Crippen LogP contribution in [0.3, 0.4) is 0 Å². The van der Waals surface area contributed by atoms with E-state index in [4.69, 9.17) is 5.11 Å². The van der Waals surface area contributed by atoms with Gasteiger partial charge in [-0.15, -0.1) is 0 Å². The Balaban J connectivity index is 1.63. The number of rotatable bonds is 5. The number of carboxylic acids is 1. The molecule has 2 amide bonds. The molecular formula is C17H17N5O4. The number of pyridine rings is 1. The van der Waals surface area contributed by atoms with Crippen LogP contribution in [0.5, 0.6) is 0 Å². The summed E-state index contributed by atoms with van der Waals surface area (Å²) in [5.74, 6) is -0.660. The van der Waals surface area contributed by atoms with Crippen molar-refractivity contribution in [2.24, 2.45) is 7.05 Å². The number of nitrogens with zero attached hydrogens (tertiary/aromatic N) is 2. The van der Waals surface area contributed by atoms with E-state index in [0.29, 0.717) is 11.2 Å². The Morgan fingerprint density at radius 2 is 1.88 bits per heavy atom. The molecule has 9 heteroatoms. The highest BCUT2D eigenvalue weighted by atomic mass is 16.4. The van der Waals surface area contributed by atoms with Gasteiger partial charge < -0.3 is 25.3 Å². The number of aromatic nitrogens is 3. The van der Waals surface area contributed by atoms with Crippen LogP contribution in [0, 0.1) is 0 Å². The molecule has 4 N–H and O–H groups in total. The number of carbonyl (C=O) groups is 2. The van der Waals surface area contributed by atoms with Crippen LogP contribution >= 0.6 is 0 Å². The van der Waals surface area contributed by atoms with Crippen molar-refractivity contribution in [1.29, 1.82) is 0 Å². The molecule has 9 nitrogen and oxygen atoms in total. The first-order valence-electron chi connectivity index (χ1n) is 7.82. The lowest BCUT2D eigenvalue weighted by molar-refractivity contribution is 0.0686. The average Bonchev–Trinajstić information content (AvgIpc) is 3.00. The summed E-state index contributed by atoms with van der Waals surface area (Å²) in [5, 5.41) is 15.6. The second kappa shape index (κ2) is 7.09. The Morgan fingerprint density at radius 1 is 1.19 bits per heavy atom. The fourth-order valence-electron chi connectivity index (χ4n) is 2.62. The molecule has 1 aromatic carbocycles. The fraction of sp³-hybridized carbons (Fsp3) is 0.176. The van der Waals surface area contributed by atoms with Crippen molar-refractivity contribution in [3.8, 4) is 0 Å². The van der Waals surface area contributed by atoms with Crippen molar-refractivity contribution >= 4 is 22.8 Å². The van der Waals surface area contributed by atoms with Gasteiger partial charge in [-0.3, -0.25) is 4.79 Å². The number of hydrogen-bond acceptors (Lipinski definition) is 4. The summed E-state index contributed by atoms with van der Waals surface area (Å²) in [5.41, 5.74) is 0.639. The molecule has 0 unspecified atom stereocenters. The van der Waals surface area contributed by atoms with Gasteiger partial charge in [0.05, 0.1) is 12.7 Å². The third kappa shape index (κ3) is 3.41. The summed E-state index contributed by atoms with van der Waals surface area (Å²) < 4.78 is 1.40. The monoisotopic (exact) mass is 355 g/mol.